The van der Waals surface area contributed by atoms with Crippen LogP contribution in [0, 0.1) is 13.8 Å². The number of carbonyl (C=O) groups excluding carboxylic acids is 2. The lowest BCUT2D eigenvalue weighted by Crippen LogP contribution is -2.34. The first kappa shape index (κ1) is 17.4. The summed E-state index contributed by atoms with van der Waals surface area (Å²) < 4.78 is 6.81. The van der Waals surface area contributed by atoms with E-state index in [1.54, 1.807) is 25.1 Å². The molecule has 0 saturated carbocycles. The van der Waals surface area contributed by atoms with E-state index in [2.05, 4.69) is 10.3 Å². The number of carbonyl (C=O) groups is 2. The third-order valence-corrected chi connectivity index (χ3v) is 5.82. The highest BCUT2D eigenvalue weighted by Gasteiger charge is 2.24. The molecule has 1 aromatic carbocycles. The standard InChI is InChI=1S/C19H17N3O4S/c1-9-11(3)27-18-16(9)19(25)22(8-20-18)7-14(23)12-4-5-15-13(6-12)21-17(24)10(2)26-15/h4-6,8,10H,7H2,1-3H3,(H,21,24)/t10-/m1/s1. The Morgan fingerprint density at radius 2 is 2.11 bits per heavy atom. The minimum absolute atomic E-state index is 0.125. The lowest BCUT2D eigenvalue weighted by molar-refractivity contribution is -0.122. The van der Waals surface area contributed by atoms with Crippen LogP contribution in [0.1, 0.15) is 27.7 Å². The highest BCUT2D eigenvalue weighted by Crippen LogP contribution is 2.30. The van der Waals surface area contributed by atoms with E-state index in [1.807, 2.05) is 13.8 Å². The molecule has 3 heterocycles. The van der Waals surface area contributed by atoms with Gasteiger partial charge in [-0.25, -0.2) is 4.98 Å². The maximum Gasteiger partial charge on any atom is 0.265 e. The summed E-state index contributed by atoms with van der Waals surface area (Å²) in [6.07, 6.45) is 0.830. The van der Waals surface area contributed by atoms with Crippen molar-refractivity contribution in [1.82, 2.24) is 9.55 Å². The van der Waals surface area contributed by atoms with E-state index in [-0.39, 0.29) is 23.8 Å². The molecule has 0 aliphatic carbocycles. The van der Waals surface area contributed by atoms with E-state index in [4.69, 9.17) is 4.74 Å². The number of anilines is 1. The van der Waals surface area contributed by atoms with Crippen molar-refractivity contribution in [3.8, 4) is 5.75 Å². The van der Waals surface area contributed by atoms with E-state index < -0.39 is 6.10 Å². The summed E-state index contributed by atoms with van der Waals surface area (Å²) in [5, 5.41) is 3.28. The van der Waals surface area contributed by atoms with E-state index in [0.717, 1.165) is 10.4 Å². The summed E-state index contributed by atoms with van der Waals surface area (Å²) in [6, 6.07) is 4.84. The number of ether oxygens (including phenoxy) is 1. The van der Waals surface area contributed by atoms with Crippen LogP contribution in [0.5, 0.6) is 5.75 Å². The van der Waals surface area contributed by atoms with Crippen LogP contribution in [-0.4, -0.2) is 27.3 Å². The smallest absolute Gasteiger partial charge is 0.265 e. The molecule has 1 atom stereocenters. The van der Waals surface area contributed by atoms with Crippen LogP contribution in [0.4, 0.5) is 5.69 Å². The Kier molecular flexibility index (Phi) is 4.07. The third-order valence-electron chi connectivity index (χ3n) is 4.70. The predicted octanol–water partition coefficient (Wildman–Crippen LogP) is 2.68. The summed E-state index contributed by atoms with van der Waals surface area (Å²) in [4.78, 5) is 43.2. The van der Waals surface area contributed by atoms with E-state index >= 15 is 0 Å². The van der Waals surface area contributed by atoms with Crippen LogP contribution in [0.2, 0.25) is 0 Å². The number of thiophene rings is 1. The van der Waals surface area contributed by atoms with Gasteiger partial charge in [-0.3, -0.25) is 19.0 Å². The summed E-state index contributed by atoms with van der Waals surface area (Å²) in [6.45, 7) is 5.36. The average molecular weight is 383 g/mol. The molecule has 7 nitrogen and oxygen atoms in total. The number of aryl methyl sites for hydroxylation is 2. The van der Waals surface area contributed by atoms with Gasteiger partial charge in [0, 0.05) is 10.4 Å². The molecule has 0 spiro atoms. The normalized spacial score (nSPS) is 16.0. The number of amides is 1. The van der Waals surface area contributed by atoms with Crippen LogP contribution in [-0.2, 0) is 11.3 Å². The van der Waals surface area contributed by atoms with Gasteiger partial charge >= 0.3 is 0 Å². The minimum Gasteiger partial charge on any atom is -0.479 e. The fraction of sp³-hybridized carbons (Fsp3) is 0.263. The minimum atomic E-state index is -0.576. The van der Waals surface area contributed by atoms with E-state index in [1.165, 1.54) is 22.2 Å². The maximum absolute atomic E-state index is 12.7. The zero-order chi connectivity index (χ0) is 19.3. The van der Waals surface area contributed by atoms with Gasteiger partial charge in [0.2, 0.25) is 0 Å². The van der Waals surface area contributed by atoms with Crippen molar-refractivity contribution in [3.63, 3.8) is 0 Å². The summed E-state index contributed by atoms with van der Waals surface area (Å²) in [7, 11) is 0. The van der Waals surface area contributed by atoms with Crippen molar-refractivity contribution >= 4 is 38.9 Å². The number of aromatic nitrogens is 2. The Morgan fingerprint density at radius 3 is 2.89 bits per heavy atom. The molecule has 27 heavy (non-hydrogen) atoms. The molecule has 1 N–H and O–H groups in total. The number of ketones is 1. The van der Waals surface area contributed by atoms with E-state index in [0.29, 0.717) is 27.2 Å². The number of rotatable bonds is 3. The second-order valence-electron chi connectivity index (χ2n) is 6.52. The van der Waals surface area contributed by atoms with Crippen LogP contribution in [0.15, 0.2) is 29.3 Å². The Morgan fingerprint density at radius 1 is 1.33 bits per heavy atom. The van der Waals surface area contributed by atoms with Crippen molar-refractivity contribution in [3.05, 3.63) is 50.9 Å². The maximum atomic E-state index is 12.7. The van der Waals surface area contributed by atoms with Crippen molar-refractivity contribution < 1.29 is 14.3 Å². The molecular formula is C19H17N3O4S. The van der Waals surface area contributed by atoms with Gasteiger partial charge in [-0.1, -0.05) is 0 Å². The summed E-state index contributed by atoms with van der Waals surface area (Å²) >= 11 is 1.47. The largest absolute Gasteiger partial charge is 0.479 e. The molecule has 3 aromatic rings. The first-order valence-electron chi connectivity index (χ1n) is 8.45. The van der Waals surface area contributed by atoms with Crippen LogP contribution in [0.3, 0.4) is 0 Å². The highest BCUT2D eigenvalue weighted by atomic mass is 32.1. The van der Waals surface area contributed by atoms with Crippen molar-refractivity contribution in [2.45, 2.75) is 33.4 Å². The zero-order valence-corrected chi connectivity index (χ0v) is 15.8. The molecule has 2 aromatic heterocycles. The molecule has 1 amide bonds. The molecular weight excluding hydrogens is 366 g/mol. The molecule has 8 heteroatoms. The first-order valence-corrected chi connectivity index (χ1v) is 9.26. The quantitative estimate of drug-likeness (QED) is 0.702. The number of nitrogens with one attached hydrogen (secondary N) is 1. The Labute approximate surface area is 158 Å². The zero-order valence-electron chi connectivity index (χ0n) is 15.0. The molecule has 0 radical (unpaired) electrons. The van der Waals surface area contributed by atoms with Gasteiger partial charge in [0.1, 0.15) is 10.6 Å². The Hall–Kier alpha value is -3.00. The van der Waals surface area contributed by atoms with Gasteiger partial charge < -0.3 is 10.1 Å². The van der Waals surface area contributed by atoms with Crippen LogP contribution in [0.25, 0.3) is 10.2 Å². The van der Waals surface area contributed by atoms with Gasteiger partial charge in [0.15, 0.2) is 11.9 Å². The molecule has 0 bridgehead atoms. The molecule has 0 fully saturated rings. The van der Waals surface area contributed by atoms with Gasteiger partial charge in [-0.05, 0) is 44.5 Å². The molecule has 1 aliphatic rings. The van der Waals surface area contributed by atoms with Gasteiger partial charge in [0.25, 0.3) is 11.5 Å². The topological polar surface area (TPSA) is 90.3 Å². The first-order chi connectivity index (χ1) is 12.8. The Balaban J connectivity index is 1.65. The predicted molar refractivity (Wildman–Crippen MR) is 103 cm³/mol. The lowest BCUT2D eigenvalue weighted by Gasteiger charge is -2.23. The van der Waals surface area contributed by atoms with E-state index in [9.17, 15) is 14.4 Å². The fourth-order valence-electron chi connectivity index (χ4n) is 3.01. The van der Waals surface area contributed by atoms with Gasteiger partial charge in [-0.2, -0.15) is 0 Å². The summed E-state index contributed by atoms with van der Waals surface area (Å²) in [5.74, 6) is 0.00285. The molecule has 138 valence electrons. The van der Waals surface area contributed by atoms with Crippen molar-refractivity contribution in [2.24, 2.45) is 0 Å². The highest BCUT2D eigenvalue weighted by molar-refractivity contribution is 7.18. The number of fused-ring (bicyclic) bond motifs is 2. The average Bonchev–Trinajstić information content (AvgIpc) is 2.93. The lowest BCUT2D eigenvalue weighted by atomic mass is 10.1. The number of nitrogens with zero attached hydrogens (tertiary/aromatic N) is 2. The summed E-state index contributed by atoms with van der Waals surface area (Å²) in [5.41, 5.74) is 1.52. The van der Waals surface area contributed by atoms with Crippen LogP contribution < -0.4 is 15.6 Å². The molecule has 0 unspecified atom stereocenters. The molecule has 1 aliphatic heterocycles. The molecule has 4 rings (SSSR count). The van der Waals surface area contributed by atoms with Crippen molar-refractivity contribution in [2.75, 3.05) is 5.32 Å². The monoisotopic (exact) mass is 383 g/mol. The number of benzene rings is 1. The van der Waals surface area contributed by atoms with Crippen molar-refractivity contribution in [1.29, 1.82) is 0 Å². The number of hydrogen-bond donors (Lipinski definition) is 1. The number of Topliss-reactive ketones (excluding diaryl/α,β-unsaturated/α-hetero) is 1. The van der Waals surface area contributed by atoms with Crippen LogP contribution >= 0.6 is 11.3 Å². The number of hydrogen-bond acceptors (Lipinski definition) is 6. The SMILES string of the molecule is Cc1sc2ncn(CC(=O)c3ccc4c(c3)NC(=O)[C@@H](C)O4)c(=O)c2c1C. The Bertz CT molecular complexity index is 1160. The molecule has 0 saturated heterocycles. The fourth-order valence-corrected chi connectivity index (χ4v) is 4.00. The third kappa shape index (κ3) is 2.91. The van der Waals surface area contributed by atoms with Gasteiger partial charge in [0.05, 0.1) is 23.9 Å². The van der Waals surface area contributed by atoms with Gasteiger partial charge in [-0.15, -0.1) is 11.3 Å². The second kappa shape index (κ2) is 6.31. The second-order valence-corrected chi connectivity index (χ2v) is 7.73.